The molecule has 1 aromatic carbocycles. The standard InChI is InChI=1S/C17H29NSi/c1-14-7-6-12-18(15(14)2)13-16-8-10-17(11-9-16)19(3,4)5/h8-11,14-15H,6-7,12-13H2,1-5H3. The average molecular weight is 276 g/mol. The summed E-state index contributed by atoms with van der Waals surface area (Å²) in [6, 6.07) is 10.1. The number of rotatable bonds is 3. The Balaban J connectivity index is 2.03. The van der Waals surface area contributed by atoms with Crippen LogP contribution in [0.1, 0.15) is 32.3 Å². The lowest BCUT2D eigenvalue weighted by Crippen LogP contribution is -2.42. The molecule has 1 heterocycles. The predicted octanol–water partition coefficient (Wildman–Crippen LogP) is 3.85. The van der Waals surface area contributed by atoms with Crippen molar-refractivity contribution in [3.63, 3.8) is 0 Å². The zero-order valence-corrected chi connectivity index (χ0v) is 14.2. The minimum Gasteiger partial charge on any atom is -0.296 e. The highest BCUT2D eigenvalue weighted by molar-refractivity contribution is 6.88. The van der Waals surface area contributed by atoms with Gasteiger partial charge < -0.3 is 0 Å². The van der Waals surface area contributed by atoms with E-state index in [9.17, 15) is 0 Å². The predicted molar refractivity (Wildman–Crippen MR) is 87.7 cm³/mol. The van der Waals surface area contributed by atoms with Crippen molar-refractivity contribution in [1.82, 2.24) is 4.90 Å². The van der Waals surface area contributed by atoms with E-state index < -0.39 is 8.07 Å². The first-order valence-electron chi connectivity index (χ1n) is 7.71. The van der Waals surface area contributed by atoms with E-state index in [1.807, 2.05) is 0 Å². The Hall–Kier alpha value is -0.603. The van der Waals surface area contributed by atoms with Gasteiger partial charge in [-0.2, -0.15) is 0 Å². The van der Waals surface area contributed by atoms with Crippen LogP contribution in [0, 0.1) is 5.92 Å². The summed E-state index contributed by atoms with van der Waals surface area (Å²) in [4.78, 5) is 2.65. The van der Waals surface area contributed by atoms with Gasteiger partial charge in [-0.15, -0.1) is 0 Å². The average Bonchev–Trinajstić information content (AvgIpc) is 2.35. The molecule has 0 N–H and O–H groups in total. The third-order valence-electron chi connectivity index (χ3n) is 4.71. The van der Waals surface area contributed by atoms with Gasteiger partial charge in [0.2, 0.25) is 0 Å². The van der Waals surface area contributed by atoms with Crippen LogP contribution in [0.2, 0.25) is 19.6 Å². The second-order valence-electron chi connectivity index (χ2n) is 7.28. The first-order chi connectivity index (χ1) is 8.88. The van der Waals surface area contributed by atoms with Gasteiger partial charge in [0.05, 0.1) is 8.07 Å². The van der Waals surface area contributed by atoms with Crippen molar-refractivity contribution in [3.8, 4) is 0 Å². The number of benzene rings is 1. The minimum absolute atomic E-state index is 0.727. The second kappa shape index (κ2) is 5.80. The number of hydrogen-bond acceptors (Lipinski definition) is 1. The van der Waals surface area contributed by atoms with E-state index in [2.05, 4.69) is 62.7 Å². The van der Waals surface area contributed by atoms with Gasteiger partial charge in [-0.05, 0) is 37.8 Å². The molecule has 19 heavy (non-hydrogen) atoms. The summed E-state index contributed by atoms with van der Waals surface area (Å²) in [6.45, 7) is 14.4. The van der Waals surface area contributed by atoms with Crippen LogP contribution in [0.15, 0.2) is 24.3 Å². The molecule has 2 unspecified atom stereocenters. The van der Waals surface area contributed by atoms with Gasteiger partial charge >= 0.3 is 0 Å². The van der Waals surface area contributed by atoms with Crippen molar-refractivity contribution >= 4 is 13.3 Å². The Kier molecular flexibility index (Phi) is 4.52. The molecule has 0 aromatic heterocycles. The third-order valence-corrected chi connectivity index (χ3v) is 6.78. The maximum Gasteiger partial charge on any atom is 0.0775 e. The summed E-state index contributed by atoms with van der Waals surface area (Å²) in [6.07, 6.45) is 2.75. The van der Waals surface area contributed by atoms with Crippen LogP contribution in [0.5, 0.6) is 0 Å². The van der Waals surface area contributed by atoms with Crippen molar-refractivity contribution in [3.05, 3.63) is 29.8 Å². The van der Waals surface area contributed by atoms with Crippen molar-refractivity contribution in [1.29, 1.82) is 0 Å². The lowest BCUT2D eigenvalue weighted by Gasteiger charge is -2.38. The Labute approximate surface area is 120 Å². The van der Waals surface area contributed by atoms with Crippen molar-refractivity contribution in [2.75, 3.05) is 6.54 Å². The van der Waals surface area contributed by atoms with E-state index in [-0.39, 0.29) is 0 Å². The molecule has 1 aliphatic rings. The van der Waals surface area contributed by atoms with E-state index in [1.165, 1.54) is 24.9 Å². The van der Waals surface area contributed by atoms with Crippen LogP contribution in [0.4, 0.5) is 0 Å². The van der Waals surface area contributed by atoms with E-state index in [0.29, 0.717) is 0 Å². The molecule has 1 saturated heterocycles. The molecule has 0 saturated carbocycles. The van der Waals surface area contributed by atoms with Crippen LogP contribution in [-0.4, -0.2) is 25.6 Å². The smallest absolute Gasteiger partial charge is 0.0775 e. The monoisotopic (exact) mass is 275 g/mol. The number of nitrogens with zero attached hydrogens (tertiary/aromatic N) is 1. The summed E-state index contributed by atoms with van der Waals surface area (Å²) in [5, 5.41) is 1.57. The highest BCUT2D eigenvalue weighted by atomic mass is 28.3. The van der Waals surface area contributed by atoms with Crippen LogP contribution in [-0.2, 0) is 6.54 Å². The third kappa shape index (κ3) is 3.70. The molecule has 1 aliphatic heterocycles. The van der Waals surface area contributed by atoms with Gasteiger partial charge in [-0.3, -0.25) is 4.90 Å². The Bertz CT molecular complexity index is 404. The maximum atomic E-state index is 2.65. The van der Waals surface area contributed by atoms with E-state index in [1.54, 1.807) is 5.19 Å². The lowest BCUT2D eigenvalue weighted by molar-refractivity contribution is 0.106. The summed E-state index contributed by atoms with van der Waals surface area (Å²) in [5.74, 6) is 0.843. The van der Waals surface area contributed by atoms with Crippen molar-refractivity contribution in [2.45, 2.75) is 58.9 Å². The van der Waals surface area contributed by atoms with E-state index in [4.69, 9.17) is 0 Å². The van der Waals surface area contributed by atoms with Crippen LogP contribution in [0.25, 0.3) is 0 Å². The zero-order valence-electron chi connectivity index (χ0n) is 13.2. The molecule has 2 rings (SSSR count). The molecule has 1 aromatic rings. The summed E-state index contributed by atoms with van der Waals surface area (Å²) < 4.78 is 0. The molecule has 106 valence electrons. The molecule has 1 nitrogen and oxygen atoms in total. The summed E-state index contributed by atoms with van der Waals surface area (Å²) >= 11 is 0. The fourth-order valence-corrected chi connectivity index (χ4v) is 4.16. The van der Waals surface area contributed by atoms with E-state index in [0.717, 1.165) is 18.5 Å². The van der Waals surface area contributed by atoms with Gasteiger partial charge in [-0.1, -0.05) is 56.0 Å². The van der Waals surface area contributed by atoms with Crippen LogP contribution < -0.4 is 5.19 Å². The Morgan fingerprint density at radius 2 is 1.74 bits per heavy atom. The molecule has 0 spiro atoms. The fraction of sp³-hybridized carbons (Fsp3) is 0.647. The summed E-state index contributed by atoms with van der Waals surface area (Å²) in [7, 11) is -1.15. The Morgan fingerprint density at radius 1 is 1.11 bits per heavy atom. The molecule has 0 aliphatic carbocycles. The second-order valence-corrected chi connectivity index (χ2v) is 12.4. The molecule has 0 radical (unpaired) electrons. The molecule has 0 amide bonds. The number of likely N-dealkylation sites (tertiary alicyclic amines) is 1. The topological polar surface area (TPSA) is 3.24 Å². The minimum atomic E-state index is -1.15. The number of piperidine rings is 1. The van der Waals surface area contributed by atoms with Crippen molar-refractivity contribution in [2.24, 2.45) is 5.92 Å². The molecule has 1 fully saturated rings. The highest BCUT2D eigenvalue weighted by Crippen LogP contribution is 2.24. The van der Waals surface area contributed by atoms with Crippen LogP contribution >= 0.6 is 0 Å². The lowest BCUT2D eigenvalue weighted by atomic mass is 9.92. The Morgan fingerprint density at radius 3 is 2.32 bits per heavy atom. The normalized spacial score (nSPS) is 25.5. The maximum absolute atomic E-state index is 2.65. The summed E-state index contributed by atoms with van der Waals surface area (Å²) in [5.41, 5.74) is 1.47. The zero-order chi connectivity index (χ0) is 14.0. The fourth-order valence-electron chi connectivity index (χ4n) is 2.99. The molecular weight excluding hydrogens is 246 g/mol. The quantitative estimate of drug-likeness (QED) is 0.757. The highest BCUT2D eigenvalue weighted by Gasteiger charge is 2.24. The largest absolute Gasteiger partial charge is 0.296 e. The molecule has 2 heteroatoms. The molecule has 2 atom stereocenters. The molecule has 0 bridgehead atoms. The van der Waals surface area contributed by atoms with Gasteiger partial charge in [0.25, 0.3) is 0 Å². The number of hydrogen-bond donors (Lipinski definition) is 0. The van der Waals surface area contributed by atoms with E-state index >= 15 is 0 Å². The SMILES string of the molecule is CC1CCCN(Cc2ccc([Si](C)(C)C)cc2)C1C. The molecular formula is C17H29NSi. The van der Waals surface area contributed by atoms with Gasteiger partial charge in [0.1, 0.15) is 0 Å². The first kappa shape index (κ1) is 14.8. The first-order valence-corrected chi connectivity index (χ1v) is 11.2. The van der Waals surface area contributed by atoms with Gasteiger partial charge in [-0.25, -0.2) is 0 Å². The van der Waals surface area contributed by atoms with Gasteiger partial charge in [0.15, 0.2) is 0 Å². The van der Waals surface area contributed by atoms with Crippen LogP contribution in [0.3, 0.4) is 0 Å². The van der Waals surface area contributed by atoms with Crippen molar-refractivity contribution < 1.29 is 0 Å². The van der Waals surface area contributed by atoms with Gasteiger partial charge in [0, 0.05) is 12.6 Å².